The van der Waals surface area contributed by atoms with Gasteiger partial charge in [0.2, 0.25) is 5.89 Å². The van der Waals surface area contributed by atoms with Crippen LogP contribution in [0.3, 0.4) is 0 Å². The molecule has 1 fully saturated rings. The van der Waals surface area contributed by atoms with Crippen LogP contribution in [0.5, 0.6) is 0 Å². The molecule has 0 radical (unpaired) electrons. The molecule has 1 saturated carbocycles. The second kappa shape index (κ2) is 2.62. The average molecular weight is 153 g/mol. The molecule has 0 aromatic carbocycles. The monoisotopic (exact) mass is 153 g/mol. The van der Waals surface area contributed by atoms with E-state index in [1.54, 1.807) is 0 Å². The Bertz CT molecular complexity index is 242. The summed E-state index contributed by atoms with van der Waals surface area (Å²) in [5.74, 6) is 2.12. The van der Waals surface area contributed by atoms with Gasteiger partial charge < -0.3 is 10.3 Å². The highest BCUT2D eigenvalue weighted by atomic mass is 16.5. The van der Waals surface area contributed by atoms with E-state index in [0.717, 1.165) is 5.82 Å². The predicted molar refractivity (Wildman–Crippen MR) is 39.0 cm³/mol. The Morgan fingerprint density at radius 3 is 3.00 bits per heavy atom. The normalized spacial score (nSPS) is 17.2. The Morgan fingerprint density at radius 1 is 1.55 bits per heavy atom. The van der Waals surface area contributed by atoms with Gasteiger partial charge in [-0.15, -0.1) is 0 Å². The molecule has 1 aliphatic carbocycles. The number of aromatic nitrogens is 2. The minimum Gasteiger partial charge on any atom is -0.339 e. The van der Waals surface area contributed by atoms with Crippen molar-refractivity contribution >= 4 is 0 Å². The molecule has 1 aliphatic rings. The van der Waals surface area contributed by atoms with Gasteiger partial charge in [0, 0.05) is 18.9 Å². The molecule has 2 N–H and O–H groups in total. The van der Waals surface area contributed by atoms with E-state index in [1.807, 2.05) is 0 Å². The first kappa shape index (κ1) is 6.79. The molecular weight excluding hydrogens is 142 g/mol. The van der Waals surface area contributed by atoms with Gasteiger partial charge in [0.05, 0.1) is 0 Å². The first-order valence-corrected chi connectivity index (χ1v) is 3.92. The summed E-state index contributed by atoms with van der Waals surface area (Å²) in [7, 11) is 0. The molecule has 11 heavy (non-hydrogen) atoms. The van der Waals surface area contributed by atoms with Crippen molar-refractivity contribution in [3.63, 3.8) is 0 Å². The highest BCUT2D eigenvalue weighted by Gasteiger charge is 2.28. The second-order valence-electron chi connectivity index (χ2n) is 2.86. The van der Waals surface area contributed by atoms with Crippen LogP contribution in [0.2, 0.25) is 0 Å². The quantitative estimate of drug-likeness (QED) is 0.684. The van der Waals surface area contributed by atoms with Crippen LogP contribution in [-0.4, -0.2) is 16.7 Å². The van der Waals surface area contributed by atoms with Crippen molar-refractivity contribution in [1.29, 1.82) is 0 Å². The van der Waals surface area contributed by atoms with Crippen LogP contribution in [0.1, 0.15) is 30.5 Å². The third kappa shape index (κ3) is 1.40. The van der Waals surface area contributed by atoms with Crippen LogP contribution in [0.4, 0.5) is 0 Å². The Balaban J connectivity index is 2.06. The van der Waals surface area contributed by atoms with Crippen LogP contribution >= 0.6 is 0 Å². The molecule has 0 amide bonds. The summed E-state index contributed by atoms with van der Waals surface area (Å²) < 4.78 is 4.97. The minimum absolute atomic E-state index is 0.574. The summed E-state index contributed by atoms with van der Waals surface area (Å²) in [5.41, 5.74) is 5.33. The Labute approximate surface area is 64.8 Å². The lowest BCUT2D eigenvalue weighted by atomic mass is 10.4. The SMILES string of the molecule is NCCc1nc(C2CC2)no1. The highest BCUT2D eigenvalue weighted by Crippen LogP contribution is 2.37. The molecule has 60 valence electrons. The van der Waals surface area contributed by atoms with Crippen LogP contribution in [0.15, 0.2) is 4.52 Å². The van der Waals surface area contributed by atoms with Gasteiger partial charge >= 0.3 is 0 Å². The van der Waals surface area contributed by atoms with Crippen molar-refractivity contribution in [2.75, 3.05) is 6.54 Å². The zero-order chi connectivity index (χ0) is 7.68. The Morgan fingerprint density at radius 2 is 2.36 bits per heavy atom. The van der Waals surface area contributed by atoms with Gasteiger partial charge in [-0.3, -0.25) is 0 Å². The van der Waals surface area contributed by atoms with Crippen LogP contribution in [-0.2, 0) is 6.42 Å². The molecule has 0 unspecified atom stereocenters. The molecule has 4 nitrogen and oxygen atoms in total. The van der Waals surface area contributed by atoms with Gasteiger partial charge in [-0.05, 0) is 12.8 Å². The molecule has 1 aromatic heterocycles. The smallest absolute Gasteiger partial charge is 0.227 e. The van der Waals surface area contributed by atoms with E-state index in [1.165, 1.54) is 12.8 Å². The van der Waals surface area contributed by atoms with Crippen molar-refractivity contribution in [2.24, 2.45) is 5.73 Å². The maximum absolute atomic E-state index is 5.33. The number of nitrogens with two attached hydrogens (primary N) is 1. The number of nitrogens with zero attached hydrogens (tertiary/aromatic N) is 2. The van der Waals surface area contributed by atoms with Gasteiger partial charge in [-0.25, -0.2) is 0 Å². The number of rotatable bonds is 3. The predicted octanol–water partition coefficient (Wildman–Crippen LogP) is 0.448. The standard InChI is InChI=1S/C7H11N3O/c8-4-3-6-9-7(10-11-6)5-1-2-5/h5H,1-4,8H2. The third-order valence-electron chi connectivity index (χ3n) is 1.78. The molecule has 0 spiro atoms. The van der Waals surface area contributed by atoms with Gasteiger partial charge in [0.25, 0.3) is 0 Å². The van der Waals surface area contributed by atoms with E-state index >= 15 is 0 Å². The Kier molecular flexibility index (Phi) is 1.62. The number of hydrogen-bond donors (Lipinski definition) is 1. The fourth-order valence-electron chi connectivity index (χ4n) is 1.00. The largest absolute Gasteiger partial charge is 0.339 e. The van der Waals surface area contributed by atoms with Crippen LogP contribution < -0.4 is 5.73 Å². The molecule has 1 aromatic rings. The van der Waals surface area contributed by atoms with E-state index in [2.05, 4.69) is 10.1 Å². The summed E-state index contributed by atoms with van der Waals surface area (Å²) in [5, 5.41) is 3.86. The first-order chi connectivity index (χ1) is 5.40. The molecule has 0 saturated heterocycles. The van der Waals surface area contributed by atoms with Gasteiger partial charge in [-0.1, -0.05) is 5.16 Å². The summed E-state index contributed by atoms with van der Waals surface area (Å²) in [6.07, 6.45) is 3.11. The summed E-state index contributed by atoms with van der Waals surface area (Å²) >= 11 is 0. The fourth-order valence-corrected chi connectivity index (χ4v) is 1.00. The number of hydrogen-bond acceptors (Lipinski definition) is 4. The fraction of sp³-hybridized carbons (Fsp3) is 0.714. The highest BCUT2D eigenvalue weighted by molar-refractivity contribution is 5.03. The third-order valence-corrected chi connectivity index (χ3v) is 1.78. The van der Waals surface area contributed by atoms with Crippen LogP contribution in [0, 0.1) is 0 Å². The van der Waals surface area contributed by atoms with E-state index in [9.17, 15) is 0 Å². The second-order valence-corrected chi connectivity index (χ2v) is 2.86. The lowest BCUT2D eigenvalue weighted by Crippen LogP contribution is -2.02. The minimum atomic E-state index is 0.574. The van der Waals surface area contributed by atoms with Crippen molar-refractivity contribution in [2.45, 2.75) is 25.2 Å². The maximum atomic E-state index is 5.33. The summed E-state index contributed by atoms with van der Waals surface area (Å²) in [4.78, 5) is 4.20. The Hall–Kier alpha value is -0.900. The van der Waals surface area contributed by atoms with Crippen molar-refractivity contribution in [3.05, 3.63) is 11.7 Å². The molecular formula is C7H11N3O. The molecule has 0 bridgehead atoms. The topological polar surface area (TPSA) is 64.9 Å². The van der Waals surface area contributed by atoms with Crippen LogP contribution in [0.25, 0.3) is 0 Å². The van der Waals surface area contributed by atoms with E-state index in [0.29, 0.717) is 24.8 Å². The van der Waals surface area contributed by atoms with Crippen molar-refractivity contribution in [1.82, 2.24) is 10.1 Å². The lowest BCUT2D eigenvalue weighted by Gasteiger charge is -1.83. The average Bonchev–Trinajstić information content (AvgIpc) is 2.75. The molecule has 1 heterocycles. The lowest BCUT2D eigenvalue weighted by molar-refractivity contribution is 0.374. The summed E-state index contributed by atoms with van der Waals surface area (Å²) in [6, 6.07) is 0. The van der Waals surface area contributed by atoms with E-state index in [4.69, 9.17) is 10.3 Å². The van der Waals surface area contributed by atoms with Crippen molar-refractivity contribution in [3.8, 4) is 0 Å². The zero-order valence-electron chi connectivity index (χ0n) is 6.29. The van der Waals surface area contributed by atoms with Gasteiger partial charge in [0.15, 0.2) is 5.82 Å². The molecule has 0 aliphatic heterocycles. The molecule has 2 rings (SSSR count). The first-order valence-electron chi connectivity index (χ1n) is 3.92. The summed E-state index contributed by atoms with van der Waals surface area (Å²) in [6.45, 7) is 0.576. The van der Waals surface area contributed by atoms with Crippen molar-refractivity contribution < 1.29 is 4.52 Å². The van der Waals surface area contributed by atoms with Gasteiger partial charge in [0.1, 0.15) is 0 Å². The van der Waals surface area contributed by atoms with E-state index in [-0.39, 0.29) is 0 Å². The maximum Gasteiger partial charge on any atom is 0.227 e. The van der Waals surface area contributed by atoms with Gasteiger partial charge in [-0.2, -0.15) is 4.98 Å². The van der Waals surface area contributed by atoms with E-state index < -0.39 is 0 Å². The zero-order valence-corrected chi connectivity index (χ0v) is 6.29. The molecule has 4 heteroatoms. The molecule has 0 atom stereocenters.